The highest BCUT2D eigenvalue weighted by atomic mass is 35.5. The zero-order valence-electron chi connectivity index (χ0n) is 30.5. The topological polar surface area (TPSA) is 193 Å². The predicted octanol–water partition coefficient (Wildman–Crippen LogP) is 6.14. The number of benzene rings is 2. The third-order valence-electron chi connectivity index (χ3n) is 8.15. The summed E-state index contributed by atoms with van der Waals surface area (Å²) >= 11 is 5.82. The van der Waals surface area contributed by atoms with Gasteiger partial charge in [0.25, 0.3) is 0 Å². The quantitative estimate of drug-likeness (QED) is 0.135. The number of ether oxygens (including phenoxy) is 4. The lowest BCUT2D eigenvalue weighted by Gasteiger charge is -2.10. The maximum Gasteiger partial charge on any atom is 0.183 e. The Balaban J connectivity index is 0.000000157. The Morgan fingerprint density at radius 3 is 1.95 bits per heavy atom. The predicted molar refractivity (Wildman–Crippen MR) is 210 cm³/mol. The average Bonchev–Trinajstić information content (AvgIpc) is 3.81. The van der Waals surface area contributed by atoms with E-state index < -0.39 is 0 Å². The molecule has 0 saturated heterocycles. The van der Waals surface area contributed by atoms with Gasteiger partial charge in [-0.15, -0.1) is 0 Å². The van der Waals surface area contributed by atoms with E-state index in [0.717, 1.165) is 33.6 Å². The van der Waals surface area contributed by atoms with Gasteiger partial charge in [0.05, 0.1) is 46.1 Å². The number of nitrogens with two attached hydrogens (primary N) is 1. The molecule has 0 amide bonds. The molecule has 16 heteroatoms. The Morgan fingerprint density at radius 2 is 1.31 bits per heavy atom. The molecule has 2 aromatic carbocycles. The third-order valence-corrected chi connectivity index (χ3v) is 8.36. The summed E-state index contributed by atoms with van der Waals surface area (Å²) in [5.41, 5.74) is 10.2. The summed E-state index contributed by atoms with van der Waals surface area (Å²) < 4.78 is 21.1. The maximum atomic E-state index is 5.82. The summed E-state index contributed by atoms with van der Waals surface area (Å²) in [6.45, 7) is 0.641. The van der Waals surface area contributed by atoms with Crippen molar-refractivity contribution in [1.82, 2.24) is 40.1 Å². The number of anilines is 2. The number of hydrogen-bond donors (Lipinski definition) is 3. The van der Waals surface area contributed by atoms with Gasteiger partial charge in [-0.1, -0.05) is 23.7 Å². The molecule has 0 bridgehead atoms. The minimum atomic E-state index is 0.445. The number of amidine groups is 1. The van der Waals surface area contributed by atoms with Crippen LogP contribution in [-0.2, 0) is 19.4 Å². The van der Waals surface area contributed by atoms with Crippen LogP contribution in [0.2, 0.25) is 5.15 Å². The first-order valence-electron chi connectivity index (χ1n) is 16.9. The molecule has 0 fully saturated rings. The molecule has 0 saturated carbocycles. The van der Waals surface area contributed by atoms with Crippen molar-refractivity contribution in [2.45, 2.75) is 19.4 Å². The first-order valence-corrected chi connectivity index (χ1v) is 17.3. The van der Waals surface area contributed by atoms with Crippen molar-refractivity contribution in [3.63, 3.8) is 0 Å². The fourth-order valence-corrected chi connectivity index (χ4v) is 5.63. The van der Waals surface area contributed by atoms with Gasteiger partial charge in [0.1, 0.15) is 34.3 Å². The fourth-order valence-electron chi connectivity index (χ4n) is 5.48. The number of halogens is 1. The van der Waals surface area contributed by atoms with Crippen LogP contribution in [0, 0.1) is 0 Å². The van der Waals surface area contributed by atoms with Crippen LogP contribution in [0.25, 0.3) is 11.0 Å². The van der Waals surface area contributed by atoms with Crippen LogP contribution in [0.15, 0.2) is 103 Å². The van der Waals surface area contributed by atoms with E-state index in [4.69, 9.17) is 36.3 Å². The van der Waals surface area contributed by atoms with Crippen molar-refractivity contribution >= 4 is 40.1 Å². The number of nitrogens with one attached hydrogen (secondary N) is 2. The molecule has 0 radical (unpaired) electrons. The normalized spacial score (nSPS) is 11.3. The number of methoxy groups -OCH3 is 4. The smallest absolute Gasteiger partial charge is 0.183 e. The molecule has 0 unspecified atom stereocenters. The molecule has 0 atom stereocenters. The lowest BCUT2D eigenvalue weighted by Crippen LogP contribution is -2.10. The standard InChI is InChI=1S/C19H18N6O2.C13H13ClN2O2.C7H7N3/c1-26-14-6-5-12(10-15(14)27-2)11-17-20-9-7-16(22-17)23-19-13-4-3-8-21-18(13)24-25-19;1-17-10-4-3-9(7-11(10)18-2)8-13-15-6-5-12(14)16-13;8-7-5-2-1-3-9-6(5)4-10-7/h3-10H,11H2,1-2H3,(H2,20,21,22,23,24,25);3-7H,8H2,1-2H3;1-3H,4H2,(H2,8,10). The Hall–Kier alpha value is -6.87. The molecular formula is C39H38ClN11O4. The highest BCUT2D eigenvalue weighted by Gasteiger charge is 2.12. The highest BCUT2D eigenvalue weighted by molar-refractivity contribution is 6.29. The van der Waals surface area contributed by atoms with Crippen molar-refractivity contribution in [1.29, 1.82) is 0 Å². The van der Waals surface area contributed by atoms with Crippen molar-refractivity contribution in [2.24, 2.45) is 10.7 Å². The lowest BCUT2D eigenvalue weighted by molar-refractivity contribution is 0.354. The zero-order valence-corrected chi connectivity index (χ0v) is 31.3. The second kappa shape index (κ2) is 18.3. The molecule has 5 aromatic heterocycles. The number of hydrogen-bond acceptors (Lipinski definition) is 14. The number of aromatic nitrogens is 8. The van der Waals surface area contributed by atoms with Crippen molar-refractivity contribution in [2.75, 3.05) is 33.8 Å². The van der Waals surface area contributed by atoms with Gasteiger partial charge in [-0.05, 0) is 71.8 Å². The van der Waals surface area contributed by atoms with Crippen LogP contribution < -0.4 is 30.0 Å². The van der Waals surface area contributed by atoms with Gasteiger partial charge in [-0.3, -0.25) is 15.1 Å². The molecular weight excluding hydrogens is 722 g/mol. The summed E-state index contributed by atoms with van der Waals surface area (Å²) in [7, 11) is 6.45. The first kappa shape index (κ1) is 37.9. The van der Waals surface area contributed by atoms with Crippen LogP contribution in [0.3, 0.4) is 0 Å². The van der Waals surface area contributed by atoms with Crippen LogP contribution >= 0.6 is 11.6 Å². The average molecular weight is 760 g/mol. The number of nitrogens with zero attached hydrogens (tertiary/aromatic N) is 8. The maximum absolute atomic E-state index is 5.82. The van der Waals surface area contributed by atoms with E-state index in [9.17, 15) is 0 Å². The van der Waals surface area contributed by atoms with Gasteiger partial charge in [-0.2, -0.15) is 5.10 Å². The minimum Gasteiger partial charge on any atom is -0.493 e. The van der Waals surface area contributed by atoms with Gasteiger partial charge in [0.15, 0.2) is 28.6 Å². The Kier molecular flexibility index (Phi) is 12.6. The number of fused-ring (bicyclic) bond motifs is 2. The molecule has 280 valence electrons. The monoisotopic (exact) mass is 759 g/mol. The summed E-state index contributed by atoms with van der Waals surface area (Å²) in [5, 5.41) is 11.7. The largest absolute Gasteiger partial charge is 0.493 e. The molecule has 1 aliphatic rings. The summed E-state index contributed by atoms with van der Waals surface area (Å²) in [5.74, 6) is 6.17. The number of aliphatic imine (C=N–C) groups is 1. The molecule has 55 heavy (non-hydrogen) atoms. The SMILES string of the molecule is COc1ccc(Cc2nccc(Cl)n2)cc1OC.COc1ccc(Cc2nccc(Nc3[nH]nc4ncccc34)n2)cc1OC.NC1=NCc2ncccc21. The van der Waals surface area contributed by atoms with E-state index in [0.29, 0.717) is 76.5 Å². The Morgan fingerprint density at radius 1 is 0.691 bits per heavy atom. The van der Waals surface area contributed by atoms with Crippen molar-refractivity contribution in [3.8, 4) is 23.0 Å². The van der Waals surface area contributed by atoms with Crippen LogP contribution in [0.1, 0.15) is 34.0 Å². The Labute approximate surface area is 322 Å². The van der Waals surface area contributed by atoms with Crippen LogP contribution in [0.4, 0.5) is 11.6 Å². The molecule has 15 nitrogen and oxygen atoms in total. The zero-order chi connectivity index (χ0) is 38.6. The number of H-pyrrole nitrogens is 1. The van der Waals surface area contributed by atoms with E-state index >= 15 is 0 Å². The summed E-state index contributed by atoms with van der Waals surface area (Å²) in [4.78, 5) is 29.6. The van der Waals surface area contributed by atoms with Crippen molar-refractivity contribution in [3.05, 3.63) is 137 Å². The van der Waals surface area contributed by atoms with Crippen LogP contribution in [-0.4, -0.2) is 74.4 Å². The number of aromatic amines is 1. The summed E-state index contributed by atoms with van der Waals surface area (Å²) in [6, 6.07) is 22.6. The van der Waals surface area contributed by atoms with Crippen molar-refractivity contribution < 1.29 is 18.9 Å². The van der Waals surface area contributed by atoms with Gasteiger partial charge in [0.2, 0.25) is 0 Å². The summed E-state index contributed by atoms with van der Waals surface area (Å²) in [6.07, 6.45) is 8.00. The Bertz CT molecular complexity index is 2410. The van der Waals surface area contributed by atoms with Gasteiger partial charge in [0, 0.05) is 43.2 Å². The molecule has 1 aliphatic heterocycles. The molecule has 6 heterocycles. The van der Waals surface area contributed by atoms with E-state index in [1.807, 2.05) is 60.7 Å². The van der Waals surface area contributed by atoms with E-state index in [2.05, 4.69) is 50.4 Å². The number of rotatable bonds is 10. The first-order chi connectivity index (χ1) is 26.9. The molecule has 7 aromatic rings. The van der Waals surface area contributed by atoms with E-state index in [-0.39, 0.29) is 0 Å². The molecule has 8 rings (SSSR count). The second-order valence-corrected chi connectivity index (χ2v) is 12.1. The van der Waals surface area contributed by atoms with Gasteiger partial charge < -0.3 is 30.0 Å². The third kappa shape index (κ3) is 9.77. The lowest BCUT2D eigenvalue weighted by atomic mass is 10.1. The van der Waals surface area contributed by atoms with E-state index in [1.165, 1.54) is 0 Å². The highest BCUT2D eigenvalue weighted by Crippen LogP contribution is 2.29. The molecule has 0 spiro atoms. The van der Waals surface area contributed by atoms with Gasteiger partial charge in [-0.25, -0.2) is 24.9 Å². The minimum absolute atomic E-state index is 0.445. The molecule has 0 aliphatic carbocycles. The molecule has 4 N–H and O–H groups in total. The fraction of sp³-hybridized carbons (Fsp3) is 0.179. The van der Waals surface area contributed by atoms with Crippen LogP contribution in [0.5, 0.6) is 23.0 Å². The van der Waals surface area contributed by atoms with Gasteiger partial charge >= 0.3 is 0 Å². The van der Waals surface area contributed by atoms with E-state index in [1.54, 1.807) is 65.4 Å². The second-order valence-electron chi connectivity index (χ2n) is 11.7. The number of pyridine rings is 2.